The fraction of sp³-hybridized carbons (Fsp3) is 0.268. The van der Waals surface area contributed by atoms with Crippen molar-refractivity contribution in [3.05, 3.63) is 165 Å². The minimum Gasteiger partial charge on any atom is -0.373 e. The van der Waals surface area contributed by atoms with E-state index in [4.69, 9.17) is 9.47 Å². The third kappa shape index (κ3) is 9.34. The van der Waals surface area contributed by atoms with E-state index < -0.39 is 0 Å². The van der Waals surface area contributed by atoms with Gasteiger partial charge in [0.25, 0.3) is 0 Å². The molecule has 0 bridgehead atoms. The molecule has 2 unspecified atom stereocenters. The number of aryl methyl sites for hydroxylation is 1. The second-order valence-electron chi connectivity index (χ2n) is 11.4. The Morgan fingerprint density at radius 2 is 1.44 bits per heavy atom. The molecule has 0 saturated carbocycles. The van der Waals surface area contributed by atoms with Gasteiger partial charge in [-0.15, -0.1) is 11.3 Å². The predicted octanol–water partition coefficient (Wildman–Crippen LogP) is 11.1. The summed E-state index contributed by atoms with van der Waals surface area (Å²) in [5.74, 6) is 0.0608. The lowest BCUT2D eigenvalue weighted by Gasteiger charge is -2.30. The molecular weight excluding hydrogens is 576 g/mol. The van der Waals surface area contributed by atoms with Crippen molar-refractivity contribution in [2.24, 2.45) is 0 Å². The molecule has 6 rings (SSSR count). The number of ether oxygens (including phenoxy) is 2. The largest absolute Gasteiger partial charge is 0.373 e. The molecule has 5 aromatic rings. The smallest absolute Gasteiger partial charge is 0.123 e. The molecule has 232 valence electrons. The Kier molecular flexibility index (Phi) is 11.9. The van der Waals surface area contributed by atoms with Crippen LogP contribution in [-0.2, 0) is 29.1 Å². The zero-order chi connectivity index (χ0) is 31.4. The summed E-state index contributed by atoms with van der Waals surface area (Å²) < 4.78 is 26.1. The summed E-state index contributed by atoms with van der Waals surface area (Å²) in [4.78, 5) is 2.47. The summed E-state index contributed by atoms with van der Waals surface area (Å²) in [6.45, 7) is 8.02. The molecule has 1 aliphatic rings. The van der Waals surface area contributed by atoms with E-state index >= 15 is 0 Å². The van der Waals surface area contributed by atoms with Gasteiger partial charge in [0.2, 0.25) is 0 Å². The zero-order valence-electron chi connectivity index (χ0n) is 26.5. The molecule has 2 nitrogen and oxygen atoms in total. The van der Waals surface area contributed by atoms with Crippen molar-refractivity contribution in [2.45, 2.75) is 65.3 Å². The van der Waals surface area contributed by atoms with Crippen LogP contribution in [0.1, 0.15) is 65.3 Å². The fourth-order valence-electron chi connectivity index (χ4n) is 5.75. The first kappa shape index (κ1) is 32.6. The maximum Gasteiger partial charge on any atom is 0.123 e. The van der Waals surface area contributed by atoms with Crippen LogP contribution in [0.25, 0.3) is 10.4 Å². The average molecular weight is 619 g/mol. The Labute approximate surface area is 272 Å². The molecule has 0 N–H and O–H groups in total. The van der Waals surface area contributed by atoms with Crippen LogP contribution in [0.3, 0.4) is 0 Å². The van der Waals surface area contributed by atoms with Crippen LogP contribution < -0.4 is 0 Å². The van der Waals surface area contributed by atoms with E-state index in [-0.39, 0.29) is 17.8 Å². The van der Waals surface area contributed by atoms with Crippen molar-refractivity contribution in [3.63, 3.8) is 0 Å². The van der Waals surface area contributed by atoms with Gasteiger partial charge in [-0.3, -0.25) is 0 Å². The third-order valence-corrected chi connectivity index (χ3v) is 9.26. The molecule has 4 heteroatoms. The maximum atomic E-state index is 13.4. The van der Waals surface area contributed by atoms with E-state index in [2.05, 4.69) is 91.9 Å². The van der Waals surface area contributed by atoms with Crippen LogP contribution in [0.2, 0.25) is 0 Å². The second-order valence-corrected chi connectivity index (χ2v) is 12.6. The summed E-state index contributed by atoms with van der Waals surface area (Å²) >= 11 is 1.78. The first-order valence-electron chi connectivity index (χ1n) is 16.0. The van der Waals surface area contributed by atoms with Crippen molar-refractivity contribution in [3.8, 4) is 10.4 Å². The molecule has 0 spiro atoms. The van der Waals surface area contributed by atoms with Crippen molar-refractivity contribution in [1.29, 1.82) is 0 Å². The number of halogens is 1. The van der Waals surface area contributed by atoms with Gasteiger partial charge in [0.1, 0.15) is 5.82 Å². The van der Waals surface area contributed by atoms with Crippen LogP contribution in [0, 0.1) is 12.7 Å². The number of allylic oxidation sites excluding steroid dienone is 1. The number of benzene rings is 4. The van der Waals surface area contributed by atoms with E-state index in [1.54, 1.807) is 11.3 Å². The fourth-order valence-corrected chi connectivity index (χ4v) is 6.79. The molecule has 0 saturated heterocycles. The minimum atomic E-state index is -0.205. The molecule has 0 radical (unpaired) electrons. The van der Waals surface area contributed by atoms with Gasteiger partial charge in [0, 0.05) is 22.1 Å². The lowest BCUT2D eigenvalue weighted by atomic mass is 9.83. The van der Waals surface area contributed by atoms with E-state index in [9.17, 15) is 4.39 Å². The van der Waals surface area contributed by atoms with Crippen LogP contribution in [0.5, 0.6) is 0 Å². The number of rotatable bonds is 11. The van der Waals surface area contributed by atoms with Gasteiger partial charge in [-0.25, -0.2) is 4.39 Å². The maximum absolute atomic E-state index is 13.4. The minimum absolute atomic E-state index is 0.130. The molecular formula is C41H43FO2S. The Balaban J connectivity index is 0.00000196. The van der Waals surface area contributed by atoms with Gasteiger partial charge >= 0.3 is 0 Å². The summed E-state index contributed by atoms with van der Waals surface area (Å²) in [5.41, 5.74) is 8.70. The monoisotopic (exact) mass is 618 g/mol. The Morgan fingerprint density at radius 3 is 2.16 bits per heavy atom. The van der Waals surface area contributed by atoms with Gasteiger partial charge in [-0.1, -0.05) is 111 Å². The van der Waals surface area contributed by atoms with E-state index in [1.165, 1.54) is 50.4 Å². The normalized spacial score (nSPS) is 16.0. The van der Waals surface area contributed by atoms with Gasteiger partial charge in [-0.2, -0.15) is 0 Å². The van der Waals surface area contributed by atoms with Crippen LogP contribution in [0.4, 0.5) is 4.39 Å². The highest BCUT2D eigenvalue weighted by Crippen LogP contribution is 2.36. The first-order chi connectivity index (χ1) is 22.1. The van der Waals surface area contributed by atoms with Gasteiger partial charge in [0.15, 0.2) is 0 Å². The third-order valence-electron chi connectivity index (χ3n) is 8.13. The molecule has 0 amide bonds. The van der Waals surface area contributed by atoms with Crippen LogP contribution in [0.15, 0.2) is 127 Å². The SMILES string of the molecule is CC.Cc1ccc(C2C=C(COCc3ccccc3)CC(OCc3ccccc3)C2)cc1Cc1ccc(-c2ccc(F)cc2)s1. The molecule has 0 aliphatic heterocycles. The standard InChI is InChI=1S/C39H37FO2S.C2H6/c1-28-12-13-33(22-34(28)24-38-18-19-39(43-38)32-14-16-36(40)17-15-32)35-20-31(26-41-25-29-8-4-2-5-9-29)21-37(23-35)42-27-30-10-6-3-7-11-30;1-2/h2-20,22,35,37H,21,23-27H2,1H3;1-2H3. The van der Waals surface area contributed by atoms with Crippen molar-refractivity contribution >= 4 is 11.3 Å². The quantitative estimate of drug-likeness (QED) is 0.137. The van der Waals surface area contributed by atoms with Crippen LogP contribution >= 0.6 is 11.3 Å². The van der Waals surface area contributed by atoms with Gasteiger partial charge in [-0.05, 0) is 83.0 Å². The highest BCUT2D eigenvalue weighted by Gasteiger charge is 2.25. The van der Waals surface area contributed by atoms with Crippen LogP contribution in [-0.4, -0.2) is 12.7 Å². The van der Waals surface area contributed by atoms with E-state index in [0.717, 1.165) is 29.7 Å². The first-order valence-corrected chi connectivity index (χ1v) is 16.8. The highest BCUT2D eigenvalue weighted by molar-refractivity contribution is 7.15. The number of hydrogen-bond donors (Lipinski definition) is 0. The summed E-state index contributed by atoms with van der Waals surface area (Å²) in [6.07, 6.45) is 5.26. The molecule has 1 aromatic heterocycles. The van der Waals surface area contributed by atoms with Crippen molar-refractivity contribution < 1.29 is 13.9 Å². The lowest BCUT2D eigenvalue weighted by molar-refractivity contribution is 0.0252. The molecule has 2 atom stereocenters. The molecule has 4 aromatic carbocycles. The number of thiophene rings is 1. The van der Waals surface area contributed by atoms with E-state index in [0.29, 0.717) is 19.8 Å². The topological polar surface area (TPSA) is 18.5 Å². The second kappa shape index (κ2) is 16.5. The molecule has 1 aliphatic carbocycles. The Morgan fingerprint density at radius 1 is 0.756 bits per heavy atom. The summed E-state index contributed by atoms with van der Waals surface area (Å²) in [6, 6.07) is 38.8. The summed E-state index contributed by atoms with van der Waals surface area (Å²) in [5, 5.41) is 0. The molecule has 0 fully saturated rings. The van der Waals surface area contributed by atoms with Crippen molar-refractivity contribution in [1.82, 2.24) is 0 Å². The van der Waals surface area contributed by atoms with Gasteiger partial charge in [0.05, 0.1) is 25.9 Å². The van der Waals surface area contributed by atoms with Crippen molar-refractivity contribution in [2.75, 3.05) is 6.61 Å². The number of hydrogen-bond acceptors (Lipinski definition) is 3. The zero-order valence-corrected chi connectivity index (χ0v) is 27.4. The predicted molar refractivity (Wildman–Crippen MR) is 186 cm³/mol. The lowest BCUT2D eigenvalue weighted by Crippen LogP contribution is -2.23. The average Bonchev–Trinajstić information content (AvgIpc) is 3.55. The summed E-state index contributed by atoms with van der Waals surface area (Å²) in [7, 11) is 0. The van der Waals surface area contributed by atoms with E-state index in [1.807, 2.05) is 38.1 Å². The molecule has 1 heterocycles. The Hall–Kier alpha value is -3.83. The Bertz CT molecular complexity index is 1640. The molecule has 45 heavy (non-hydrogen) atoms. The highest BCUT2D eigenvalue weighted by atomic mass is 32.1. The van der Waals surface area contributed by atoms with Gasteiger partial charge < -0.3 is 9.47 Å².